The first-order valence-corrected chi connectivity index (χ1v) is 10.6. The first-order chi connectivity index (χ1) is 12.8. The van der Waals surface area contributed by atoms with Gasteiger partial charge in [0.25, 0.3) is 0 Å². The molecule has 0 amide bonds. The Hall–Kier alpha value is -1.69. The topological polar surface area (TPSA) is 66.6 Å². The lowest BCUT2D eigenvalue weighted by atomic mass is 9.75. The predicted molar refractivity (Wildman–Crippen MR) is 110 cm³/mol. The lowest BCUT2D eigenvalue weighted by Crippen LogP contribution is -2.28. The first-order valence-electron chi connectivity index (χ1n) is 9.80. The molecular formula is C22H28N2O2S. The summed E-state index contributed by atoms with van der Waals surface area (Å²) >= 11 is 1.70. The van der Waals surface area contributed by atoms with Crippen molar-refractivity contribution in [2.75, 3.05) is 13.1 Å². The third-order valence-corrected chi connectivity index (χ3v) is 7.40. The van der Waals surface area contributed by atoms with Gasteiger partial charge in [-0.3, -0.25) is 5.84 Å². The van der Waals surface area contributed by atoms with Crippen LogP contribution in [0.5, 0.6) is 0 Å². The van der Waals surface area contributed by atoms with Crippen LogP contribution >= 0.6 is 11.3 Å². The number of carboxylic acids is 1. The average Bonchev–Trinajstić information content (AvgIpc) is 3.17. The minimum atomic E-state index is -0.788. The van der Waals surface area contributed by atoms with Gasteiger partial charge in [0.2, 0.25) is 0 Å². The van der Waals surface area contributed by atoms with Crippen LogP contribution in [0.1, 0.15) is 53.1 Å². The molecule has 4 rings (SSSR count). The molecule has 1 aromatic carbocycles. The zero-order valence-electron chi connectivity index (χ0n) is 16.1. The van der Waals surface area contributed by atoms with E-state index < -0.39 is 5.97 Å². The fraction of sp³-hybridized carbons (Fsp3) is 0.500. The van der Waals surface area contributed by atoms with Crippen molar-refractivity contribution in [1.29, 1.82) is 0 Å². The van der Waals surface area contributed by atoms with Gasteiger partial charge in [-0.25, -0.2) is 9.80 Å². The number of hydrogen-bond donors (Lipinski definition) is 2. The third-order valence-electron chi connectivity index (χ3n) is 6.08. The molecule has 1 aliphatic heterocycles. The Bertz CT molecular complexity index is 871. The minimum Gasteiger partial charge on any atom is -0.478 e. The van der Waals surface area contributed by atoms with Crippen LogP contribution in [0.3, 0.4) is 0 Å². The second-order valence-electron chi connectivity index (χ2n) is 8.86. The zero-order chi connectivity index (χ0) is 19.2. The van der Waals surface area contributed by atoms with Crippen LogP contribution in [0.2, 0.25) is 0 Å². The van der Waals surface area contributed by atoms with Crippen molar-refractivity contribution >= 4 is 17.3 Å². The Kier molecular flexibility index (Phi) is 4.87. The maximum atomic E-state index is 12.2. The number of aryl methyl sites for hydroxylation is 1. The molecule has 1 aliphatic carbocycles. The van der Waals surface area contributed by atoms with Crippen LogP contribution in [0.4, 0.5) is 0 Å². The van der Waals surface area contributed by atoms with E-state index in [0.717, 1.165) is 61.2 Å². The van der Waals surface area contributed by atoms with Gasteiger partial charge in [0.05, 0.1) is 5.56 Å². The smallest absolute Gasteiger partial charge is 0.337 e. The number of hydrazine groups is 1. The highest BCUT2D eigenvalue weighted by Gasteiger charge is 2.33. The highest BCUT2D eigenvalue weighted by atomic mass is 32.1. The van der Waals surface area contributed by atoms with Gasteiger partial charge < -0.3 is 5.11 Å². The maximum absolute atomic E-state index is 12.2. The van der Waals surface area contributed by atoms with Gasteiger partial charge in [-0.1, -0.05) is 38.1 Å². The number of hydrogen-bond acceptors (Lipinski definition) is 4. The van der Waals surface area contributed by atoms with E-state index in [-0.39, 0.29) is 5.41 Å². The molecular weight excluding hydrogens is 356 g/mol. The third kappa shape index (κ3) is 3.68. The quantitative estimate of drug-likeness (QED) is 0.769. The number of carboxylic acid groups (broad SMARTS) is 1. The zero-order valence-corrected chi connectivity index (χ0v) is 16.9. The molecule has 0 unspecified atom stereocenters. The first kappa shape index (κ1) is 18.7. The molecule has 0 radical (unpaired) electrons. The summed E-state index contributed by atoms with van der Waals surface area (Å²) in [4.78, 5) is 14.4. The van der Waals surface area contributed by atoms with E-state index in [4.69, 9.17) is 5.84 Å². The standard InChI is InChI=1S/C22H28N2O2S/c1-22(2)9-7-18-17(12-22)19(21(25)26)20(27-18)16-6-4-3-5-15(16)11-14-8-10-24(23)13-14/h3-6,14H,7-13,23H2,1-2H3,(H,25,26)/t14-/m0/s1. The van der Waals surface area contributed by atoms with Gasteiger partial charge in [0.1, 0.15) is 0 Å². The molecule has 0 bridgehead atoms. The molecule has 1 fully saturated rings. The van der Waals surface area contributed by atoms with Crippen molar-refractivity contribution in [3.05, 3.63) is 45.8 Å². The molecule has 1 aromatic heterocycles. The number of nitrogens with zero attached hydrogens (tertiary/aromatic N) is 1. The maximum Gasteiger partial charge on any atom is 0.337 e. The van der Waals surface area contributed by atoms with Crippen LogP contribution in [0, 0.1) is 11.3 Å². The van der Waals surface area contributed by atoms with E-state index in [9.17, 15) is 9.90 Å². The van der Waals surface area contributed by atoms with E-state index in [1.807, 2.05) is 11.1 Å². The molecule has 3 N–H and O–H groups in total. The molecule has 2 heterocycles. The summed E-state index contributed by atoms with van der Waals surface area (Å²) in [7, 11) is 0. The van der Waals surface area contributed by atoms with Gasteiger partial charge in [0.15, 0.2) is 0 Å². The number of carbonyl (C=O) groups is 1. The SMILES string of the molecule is CC1(C)CCc2sc(-c3ccccc3C[C@@H]3CCN(N)C3)c(C(=O)O)c2C1. The molecule has 5 heteroatoms. The van der Waals surface area contributed by atoms with Gasteiger partial charge >= 0.3 is 5.97 Å². The Morgan fingerprint density at radius 3 is 2.85 bits per heavy atom. The molecule has 0 saturated carbocycles. The van der Waals surface area contributed by atoms with Crippen molar-refractivity contribution < 1.29 is 9.90 Å². The molecule has 0 spiro atoms. The van der Waals surface area contributed by atoms with Gasteiger partial charge in [-0.05, 0) is 60.1 Å². The largest absolute Gasteiger partial charge is 0.478 e. The summed E-state index contributed by atoms with van der Waals surface area (Å²) in [5.41, 5.74) is 4.13. The molecule has 2 aliphatic rings. The highest BCUT2D eigenvalue weighted by molar-refractivity contribution is 7.16. The molecule has 144 valence electrons. The van der Waals surface area contributed by atoms with E-state index in [1.54, 1.807) is 11.3 Å². The average molecular weight is 385 g/mol. The van der Waals surface area contributed by atoms with Crippen LogP contribution in [-0.4, -0.2) is 29.2 Å². The van der Waals surface area contributed by atoms with Gasteiger partial charge in [-0.2, -0.15) is 0 Å². The van der Waals surface area contributed by atoms with Crippen LogP contribution < -0.4 is 5.84 Å². The molecule has 1 atom stereocenters. The van der Waals surface area contributed by atoms with Crippen molar-refractivity contribution in [1.82, 2.24) is 5.01 Å². The van der Waals surface area contributed by atoms with Crippen molar-refractivity contribution in [3.8, 4) is 10.4 Å². The van der Waals surface area contributed by atoms with E-state index in [0.29, 0.717) is 11.5 Å². The Labute approximate surface area is 165 Å². The van der Waals surface area contributed by atoms with Crippen LogP contribution in [-0.2, 0) is 19.3 Å². The number of thiophene rings is 1. The second-order valence-corrected chi connectivity index (χ2v) is 9.97. The summed E-state index contributed by atoms with van der Waals surface area (Å²) in [6.45, 7) is 6.34. The van der Waals surface area contributed by atoms with Gasteiger partial charge in [0, 0.05) is 22.8 Å². The Morgan fingerprint density at radius 1 is 1.37 bits per heavy atom. The molecule has 1 saturated heterocycles. The second kappa shape index (κ2) is 7.04. The fourth-order valence-electron chi connectivity index (χ4n) is 4.60. The summed E-state index contributed by atoms with van der Waals surface area (Å²) in [6, 6.07) is 8.34. The van der Waals surface area contributed by atoms with Gasteiger partial charge in [-0.15, -0.1) is 11.3 Å². The normalized spacial score (nSPS) is 22.0. The lowest BCUT2D eigenvalue weighted by molar-refractivity contribution is 0.0696. The fourth-order valence-corrected chi connectivity index (χ4v) is 5.97. The van der Waals surface area contributed by atoms with Crippen LogP contribution in [0.25, 0.3) is 10.4 Å². The molecule has 27 heavy (non-hydrogen) atoms. The van der Waals surface area contributed by atoms with E-state index >= 15 is 0 Å². The Balaban J connectivity index is 1.76. The Morgan fingerprint density at radius 2 is 2.15 bits per heavy atom. The lowest BCUT2D eigenvalue weighted by Gasteiger charge is -2.29. The summed E-state index contributed by atoms with van der Waals surface area (Å²) in [6.07, 6.45) is 5.02. The summed E-state index contributed by atoms with van der Waals surface area (Å²) < 4.78 is 0. The predicted octanol–water partition coefficient (Wildman–Crippen LogP) is 4.37. The summed E-state index contributed by atoms with van der Waals surface area (Å²) in [5.74, 6) is 5.69. The van der Waals surface area contributed by atoms with Crippen molar-refractivity contribution in [2.45, 2.75) is 46.0 Å². The molecule has 4 nitrogen and oxygen atoms in total. The minimum absolute atomic E-state index is 0.170. The monoisotopic (exact) mass is 384 g/mol. The highest BCUT2D eigenvalue weighted by Crippen LogP contribution is 2.46. The molecule has 2 aromatic rings. The number of aromatic carboxylic acids is 1. The number of nitrogens with two attached hydrogens (primary N) is 1. The number of benzene rings is 1. The van der Waals surface area contributed by atoms with E-state index in [1.165, 1.54) is 10.4 Å². The van der Waals surface area contributed by atoms with Crippen molar-refractivity contribution in [2.24, 2.45) is 17.2 Å². The van der Waals surface area contributed by atoms with Crippen LogP contribution in [0.15, 0.2) is 24.3 Å². The van der Waals surface area contributed by atoms with E-state index in [2.05, 4.69) is 32.0 Å². The summed E-state index contributed by atoms with van der Waals surface area (Å²) in [5, 5.41) is 11.9. The van der Waals surface area contributed by atoms with Crippen molar-refractivity contribution in [3.63, 3.8) is 0 Å². The number of fused-ring (bicyclic) bond motifs is 1. The number of rotatable bonds is 4.